The van der Waals surface area contributed by atoms with Crippen molar-refractivity contribution in [2.24, 2.45) is 0 Å². The van der Waals surface area contributed by atoms with Crippen LogP contribution in [0.25, 0.3) is 6.08 Å². The molecule has 0 aromatic heterocycles. The molecule has 0 fully saturated rings. The molecule has 0 atom stereocenters. The first-order valence-corrected chi connectivity index (χ1v) is 9.93. The molecular formula is C25H30O7. The molecule has 0 aliphatic carbocycles. The molecule has 2 aromatic rings. The molecule has 0 saturated carbocycles. The second kappa shape index (κ2) is 11.1. The molecule has 0 spiro atoms. The highest BCUT2D eigenvalue weighted by Gasteiger charge is 2.22. The van der Waals surface area contributed by atoms with E-state index in [0.29, 0.717) is 40.5 Å². The number of hydrogen-bond acceptors (Lipinski definition) is 7. The van der Waals surface area contributed by atoms with Gasteiger partial charge in [-0.1, -0.05) is 17.7 Å². The molecule has 2 rings (SSSR count). The quantitative estimate of drug-likeness (QED) is 0.320. The summed E-state index contributed by atoms with van der Waals surface area (Å²) in [6.07, 6.45) is 5.32. The molecule has 0 unspecified atom stereocenters. The fourth-order valence-corrected chi connectivity index (χ4v) is 3.20. The van der Waals surface area contributed by atoms with E-state index < -0.39 is 5.78 Å². The highest BCUT2D eigenvalue weighted by Crippen LogP contribution is 2.41. The van der Waals surface area contributed by atoms with E-state index in [9.17, 15) is 9.90 Å². The molecule has 172 valence electrons. The Morgan fingerprint density at radius 2 is 1.41 bits per heavy atom. The van der Waals surface area contributed by atoms with Crippen molar-refractivity contribution in [2.75, 3.05) is 35.5 Å². The topological polar surface area (TPSA) is 83.5 Å². The van der Waals surface area contributed by atoms with Gasteiger partial charge in [-0.15, -0.1) is 0 Å². The number of phenolic OH excluding ortho intramolecular Hbond substituents is 1. The van der Waals surface area contributed by atoms with Gasteiger partial charge >= 0.3 is 0 Å². The Hall–Kier alpha value is -3.61. The average molecular weight is 443 g/mol. The van der Waals surface area contributed by atoms with E-state index >= 15 is 0 Å². The number of ether oxygens (including phenoxy) is 5. The van der Waals surface area contributed by atoms with Gasteiger partial charge in [0, 0.05) is 11.6 Å². The van der Waals surface area contributed by atoms with E-state index in [4.69, 9.17) is 23.7 Å². The lowest BCUT2D eigenvalue weighted by molar-refractivity contribution is 0.104. The van der Waals surface area contributed by atoms with Crippen LogP contribution >= 0.6 is 0 Å². The zero-order valence-corrected chi connectivity index (χ0v) is 19.6. The number of ketones is 1. The van der Waals surface area contributed by atoms with E-state index in [1.54, 1.807) is 24.3 Å². The third-order valence-electron chi connectivity index (χ3n) is 4.84. The number of methoxy groups -OCH3 is 5. The SMILES string of the molecule is COc1cc(OC)c(C(=O)/C=C/c2cc(OC)c(OC)c(OC)c2)c(O)c1CC=C(C)C. The van der Waals surface area contributed by atoms with Crippen molar-refractivity contribution in [1.82, 2.24) is 0 Å². The Bertz CT molecular complexity index is 1010. The van der Waals surface area contributed by atoms with Crippen LogP contribution in [-0.4, -0.2) is 46.4 Å². The van der Waals surface area contributed by atoms with E-state index in [1.807, 2.05) is 19.9 Å². The molecule has 2 aromatic carbocycles. The second-order valence-electron chi connectivity index (χ2n) is 7.13. The Kier molecular flexibility index (Phi) is 8.58. The number of carbonyl (C=O) groups is 1. The maximum Gasteiger partial charge on any atom is 0.203 e. The van der Waals surface area contributed by atoms with Crippen LogP contribution in [0, 0.1) is 0 Å². The number of carbonyl (C=O) groups excluding carboxylic acids is 1. The summed E-state index contributed by atoms with van der Waals surface area (Å²) in [7, 11) is 7.50. The third-order valence-corrected chi connectivity index (χ3v) is 4.84. The van der Waals surface area contributed by atoms with Crippen LogP contribution < -0.4 is 23.7 Å². The van der Waals surface area contributed by atoms with Crippen LogP contribution in [0.5, 0.6) is 34.5 Å². The zero-order chi connectivity index (χ0) is 23.8. The van der Waals surface area contributed by atoms with E-state index in [1.165, 1.54) is 41.6 Å². The van der Waals surface area contributed by atoms with Crippen molar-refractivity contribution in [1.29, 1.82) is 0 Å². The van der Waals surface area contributed by atoms with Crippen LogP contribution in [0.2, 0.25) is 0 Å². The smallest absolute Gasteiger partial charge is 0.203 e. The second-order valence-corrected chi connectivity index (χ2v) is 7.13. The van der Waals surface area contributed by atoms with Gasteiger partial charge in [-0.05, 0) is 44.0 Å². The maximum atomic E-state index is 13.1. The Balaban J connectivity index is 2.52. The van der Waals surface area contributed by atoms with Gasteiger partial charge in [-0.2, -0.15) is 0 Å². The van der Waals surface area contributed by atoms with Gasteiger partial charge in [0.15, 0.2) is 17.3 Å². The van der Waals surface area contributed by atoms with Crippen molar-refractivity contribution in [3.63, 3.8) is 0 Å². The maximum absolute atomic E-state index is 13.1. The lowest BCUT2D eigenvalue weighted by Crippen LogP contribution is -2.04. The first-order chi connectivity index (χ1) is 15.3. The highest BCUT2D eigenvalue weighted by molar-refractivity contribution is 6.11. The van der Waals surface area contributed by atoms with E-state index in [2.05, 4.69) is 0 Å². The summed E-state index contributed by atoms with van der Waals surface area (Å²) in [5.74, 6) is 1.46. The molecule has 7 nitrogen and oxygen atoms in total. The minimum Gasteiger partial charge on any atom is -0.507 e. The minimum atomic E-state index is -0.422. The normalized spacial score (nSPS) is 10.6. The summed E-state index contributed by atoms with van der Waals surface area (Å²) in [4.78, 5) is 13.1. The van der Waals surface area contributed by atoms with Gasteiger partial charge in [-0.25, -0.2) is 0 Å². The summed E-state index contributed by atoms with van der Waals surface area (Å²) in [6.45, 7) is 3.92. The molecular weight excluding hydrogens is 412 g/mol. The van der Waals surface area contributed by atoms with Gasteiger partial charge in [0.05, 0.1) is 35.5 Å². The summed E-state index contributed by atoms with van der Waals surface area (Å²) >= 11 is 0. The van der Waals surface area contributed by atoms with Crippen LogP contribution in [0.4, 0.5) is 0 Å². The summed E-state index contributed by atoms with van der Waals surface area (Å²) in [5, 5.41) is 10.9. The van der Waals surface area contributed by atoms with Gasteiger partial charge in [-0.3, -0.25) is 4.79 Å². The largest absolute Gasteiger partial charge is 0.507 e. The Morgan fingerprint density at radius 1 is 0.844 bits per heavy atom. The number of aromatic hydroxyl groups is 1. The molecule has 0 aliphatic heterocycles. The van der Waals surface area contributed by atoms with E-state index in [-0.39, 0.29) is 17.1 Å². The van der Waals surface area contributed by atoms with Crippen LogP contribution in [0.15, 0.2) is 35.9 Å². The van der Waals surface area contributed by atoms with Crippen molar-refractivity contribution < 1.29 is 33.6 Å². The number of phenols is 1. The predicted octanol–water partition coefficient (Wildman–Crippen LogP) is 4.84. The van der Waals surface area contributed by atoms with E-state index in [0.717, 1.165) is 5.57 Å². The van der Waals surface area contributed by atoms with Crippen LogP contribution in [0.1, 0.15) is 35.3 Å². The molecule has 0 bridgehead atoms. The molecule has 1 N–H and O–H groups in total. The number of allylic oxidation sites excluding steroid dienone is 3. The highest BCUT2D eigenvalue weighted by atomic mass is 16.5. The molecule has 0 aliphatic rings. The average Bonchev–Trinajstić information content (AvgIpc) is 2.79. The first-order valence-electron chi connectivity index (χ1n) is 9.93. The number of benzene rings is 2. The summed E-state index contributed by atoms with van der Waals surface area (Å²) < 4.78 is 26.8. The molecule has 32 heavy (non-hydrogen) atoms. The lowest BCUT2D eigenvalue weighted by atomic mass is 9.99. The lowest BCUT2D eigenvalue weighted by Gasteiger charge is -2.16. The molecule has 7 heteroatoms. The fourth-order valence-electron chi connectivity index (χ4n) is 3.20. The zero-order valence-electron chi connectivity index (χ0n) is 19.6. The van der Waals surface area contributed by atoms with Crippen LogP contribution in [-0.2, 0) is 6.42 Å². The van der Waals surface area contributed by atoms with Gasteiger partial charge < -0.3 is 28.8 Å². The molecule has 0 saturated heterocycles. The summed E-state index contributed by atoms with van der Waals surface area (Å²) in [6, 6.07) is 5.04. The minimum absolute atomic E-state index is 0.0640. The van der Waals surface area contributed by atoms with Crippen LogP contribution in [0.3, 0.4) is 0 Å². The molecule has 0 radical (unpaired) electrons. The Morgan fingerprint density at radius 3 is 1.88 bits per heavy atom. The van der Waals surface area contributed by atoms with Crippen molar-refractivity contribution in [3.05, 3.63) is 52.6 Å². The third kappa shape index (κ3) is 5.35. The van der Waals surface area contributed by atoms with Crippen molar-refractivity contribution in [2.45, 2.75) is 20.3 Å². The van der Waals surface area contributed by atoms with Crippen molar-refractivity contribution in [3.8, 4) is 34.5 Å². The molecule has 0 amide bonds. The fraction of sp³-hybridized carbons (Fsp3) is 0.320. The summed E-state index contributed by atoms with van der Waals surface area (Å²) in [5.41, 5.74) is 2.32. The monoisotopic (exact) mass is 442 g/mol. The van der Waals surface area contributed by atoms with Gasteiger partial charge in [0.25, 0.3) is 0 Å². The van der Waals surface area contributed by atoms with Gasteiger partial charge in [0.1, 0.15) is 22.8 Å². The van der Waals surface area contributed by atoms with Gasteiger partial charge in [0.2, 0.25) is 5.75 Å². The Labute approximate surface area is 188 Å². The predicted molar refractivity (Wildman–Crippen MR) is 124 cm³/mol. The first kappa shape index (κ1) is 24.7. The van der Waals surface area contributed by atoms with Crippen molar-refractivity contribution >= 4 is 11.9 Å². The number of hydrogen-bond donors (Lipinski definition) is 1. The number of rotatable bonds is 10. The molecule has 0 heterocycles. The standard InChI is InChI=1S/C25H30O7/c1-15(2)8-10-17-19(28-3)14-20(29-4)23(24(17)27)18(26)11-9-16-12-21(30-5)25(32-7)22(13-16)31-6/h8-9,11-14,27H,10H2,1-7H3/b11-9+.